The van der Waals surface area contributed by atoms with Crippen molar-refractivity contribution >= 4 is 11.3 Å². The molecule has 100 valence electrons. The number of hydrogen-bond acceptors (Lipinski definition) is 6. The van der Waals surface area contributed by atoms with Crippen LogP contribution in [-0.2, 0) is 13.0 Å². The molecule has 0 saturated carbocycles. The SMILES string of the molecule is c1ccc2c(c1)CNC(c1nc(-c3cncs3)no1)C2. The van der Waals surface area contributed by atoms with Gasteiger partial charge in [0.1, 0.15) is 0 Å². The quantitative estimate of drug-likeness (QED) is 0.783. The molecule has 0 saturated heterocycles. The topological polar surface area (TPSA) is 63.8 Å². The van der Waals surface area contributed by atoms with E-state index < -0.39 is 0 Å². The lowest BCUT2D eigenvalue weighted by Crippen LogP contribution is -2.28. The second-order valence-electron chi connectivity index (χ2n) is 4.73. The van der Waals surface area contributed by atoms with Gasteiger partial charge in [-0.15, -0.1) is 11.3 Å². The largest absolute Gasteiger partial charge is 0.337 e. The van der Waals surface area contributed by atoms with Crippen molar-refractivity contribution in [3.8, 4) is 10.7 Å². The maximum Gasteiger partial charge on any atom is 0.244 e. The van der Waals surface area contributed by atoms with E-state index in [1.807, 2.05) is 0 Å². The monoisotopic (exact) mass is 284 g/mol. The Kier molecular flexibility index (Phi) is 2.82. The fourth-order valence-corrected chi connectivity index (χ4v) is 2.98. The van der Waals surface area contributed by atoms with Gasteiger partial charge >= 0.3 is 0 Å². The smallest absolute Gasteiger partial charge is 0.244 e. The molecule has 1 N–H and O–H groups in total. The number of fused-ring (bicyclic) bond motifs is 1. The second kappa shape index (κ2) is 4.81. The van der Waals surface area contributed by atoms with Crippen LogP contribution in [0.5, 0.6) is 0 Å². The van der Waals surface area contributed by atoms with Crippen LogP contribution in [0.4, 0.5) is 0 Å². The first-order chi connectivity index (χ1) is 9.90. The summed E-state index contributed by atoms with van der Waals surface area (Å²) < 4.78 is 5.40. The minimum atomic E-state index is 0.0825. The molecule has 0 fully saturated rings. The van der Waals surface area contributed by atoms with Gasteiger partial charge in [-0.25, -0.2) is 0 Å². The van der Waals surface area contributed by atoms with Crippen LogP contribution in [0.3, 0.4) is 0 Å². The normalized spacial score (nSPS) is 17.9. The molecule has 1 aromatic carbocycles. The molecular weight excluding hydrogens is 272 g/mol. The van der Waals surface area contributed by atoms with Gasteiger partial charge in [-0.3, -0.25) is 4.98 Å². The molecule has 5 nitrogen and oxygen atoms in total. The van der Waals surface area contributed by atoms with Gasteiger partial charge in [0.15, 0.2) is 0 Å². The molecule has 1 atom stereocenters. The molecule has 1 aliphatic heterocycles. The van der Waals surface area contributed by atoms with Crippen molar-refractivity contribution in [1.82, 2.24) is 20.4 Å². The van der Waals surface area contributed by atoms with Crippen LogP contribution in [0.15, 0.2) is 40.5 Å². The summed E-state index contributed by atoms with van der Waals surface area (Å²) in [5.41, 5.74) is 4.44. The molecule has 6 heteroatoms. The average molecular weight is 284 g/mol. The van der Waals surface area contributed by atoms with Crippen LogP contribution in [0.1, 0.15) is 23.1 Å². The van der Waals surface area contributed by atoms with Crippen molar-refractivity contribution in [2.24, 2.45) is 0 Å². The summed E-state index contributed by atoms with van der Waals surface area (Å²) in [6.45, 7) is 0.832. The van der Waals surface area contributed by atoms with E-state index in [2.05, 4.69) is 44.7 Å². The number of nitrogens with zero attached hydrogens (tertiary/aromatic N) is 3. The number of thiazole rings is 1. The molecule has 2 aromatic heterocycles. The highest BCUT2D eigenvalue weighted by molar-refractivity contribution is 7.13. The van der Waals surface area contributed by atoms with Crippen LogP contribution in [0, 0.1) is 0 Å². The molecule has 0 radical (unpaired) electrons. The fourth-order valence-electron chi connectivity index (χ4n) is 2.43. The summed E-state index contributed by atoms with van der Waals surface area (Å²) in [6, 6.07) is 8.52. The number of rotatable bonds is 2. The van der Waals surface area contributed by atoms with Gasteiger partial charge in [-0.1, -0.05) is 29.4 Å². The Balaban J connectivity index is 1.60. The molecule has 1 unspecified atom stereocenters. The van der Waals surface area contributed by atoms with Gasteiger partial charge in [-0.2, -0.15) is 4.98 Å². The fraction of sp³-hybridized carbons (Fsp3) is 0.214. The van der Waals surface area contributed by atoms with Crippen molar-refractivity contribution in [2.75, 3.05) is 0 Å². The summed E-state index contributed by atoms with van der Waals surface area (Å²) >= 11 is 1.51. The third kappa shape index (κ3) is 2.03. The summed E-state index contributed by atoms with van der Waals surface area (Å²) in [7, 11) is 0. The van der Waals surface area contributed by atoms with Gasteiger partial charge < -0.3 is 9.84 Å². The average Bonchev–Trinajstić information content (AvgIpc) is 3.17. The van der Waals surface area contributed by atoms with E-state index in [4.69, 9.17) is 4.52 Å². The number of hydrogen-bond donors (Lipinski definition) is 1. The lowest BCUT2D eigenvalue weighted by molar-refractivity contribution is 0.321. The van der Waals surface area contributed by atoms with Crippen molar-refractivity contribution < 1.29 is 4.52 Å². The Morgan fingerprint density at radius 1 is 1.25 bits per heavy atom. The summed E-state index contributed by atoms with van der Waals surface area (Å²) in [5.74, 6) is 1.26. The molecule has 0 aliphatic carbocycles. The highest BCUT2D eigenvalue weighted by Gasteiger charge is 2.24. The second-order valence-corrected chi connectivity index (χ2v) is 5.61. The lowest BCUT2D eigenvalue weighted by atomic mass is 9.96. The van der Waals surface area contributed by atoms with Crippen LogP contribution in [-0.4, -0.2) is 15.1 Å². The highest BCUT2D eigenvalue weighted by atomic mass is 32.1. The van der Waals surface area contributed by atoms with E-state index in [1.165, 1.54) is 22.5 Å². The molecular formula is C14H12N4OS. The Bertz CT molecular complexity index is 722. The van der Waals surface area contributed by atoms with E-state index in [1.54, 1.807) is 11.7 Å². The molecule has 4 rings (SSSR count). The molecule has 0 spiro atoms. The number of nitrogens with one attached hydrogen (secondary N) is 1. The first-order valence-electron chi connectivity index (χ1n) is 6.43. The molecule has 0 amide bonds. The molecule has 0 bridgehead atoms. The van der Waals surface area contributed by atoms with Gasteiger partial charge in [0.05, 0.1) is 16.4 Å². The van der Waals surface area contributed by atoms with E-state index in [0.29, 0.717) is 11.7 Å². The summed E-state index contributed by atoms with van der Waals surface area (Å²) in [6.07, 6.45) is 2.63. The van der Waals surface area contributed by atoms with E-state index >= 15 is 0 Å². The van der Waals surface area contributed by atoms with Gasteiger partial charge in [-0.05, 0) is 17.5 Å². The van der Waals surface area contributed by atoms with E-state index in [9.17, 15) is 0 Å². The third-order valence-corrected chi connectivity index (χ3v) is 4.24. The zero-order valence-corrected chi connectivity index (χ0v) is 11.4. The molecule has 1 aliphatic rings. The predicted molar refractivity (Wildman–Crippen MR) is 75.1 cm³/mol. The highest BCUT2D eigenvalue weighted by Crippen LogP contribution is 2.27. The van der Waals surface area contributed by atoms with E-state index in [0.717, 1.165) is 17.8 Å². The van der Waals surface area contributed by atoms with Crippen molar-refractivity contribution in [3.05, 3.63) is 53.0 Å². The van der Waals surface area contributed by atoms with Gasteiger partial charge in [0, 0.05) is 12.7 Å². The minimum absolute atomic E-state index is 0.0825. The van der Waals surface area contributed by atoms with Crippen molar-refractivity contribution in [1.29, 1.82) is 0 Å². The molecule has 20 heavy (non-hydrogen) atoms. The Morgan fingerprint density at radius 2 is 2.15 bits per heavy atom. The zero-order valence-electron chi connectivity index (χ0n) is 10.6. The number of aromatic nitrogens is 3. The van der Waals surface area contributed by atoms with Crippen LogP contribution in [0.25, 0.3) is 10.7 Å². The zero-order chi connectivity index (χ0) is 13.4. The Morgan fingerprint density at radius 3 is 3.00 bits per heavy atom. The van der Waals surface area contributed by atoms with Crippen LogP contribution >= 0.6 is 11.3 Å². The maximum absolute atomic E-state index is 5.40. The maximum atomic E-state index is 5.40. The van der Waals surface area contributed by atoms with Crippen LogP contribution < -0.4 is 5.32 Å². The number of benzene rings is 1. The standard InChI is InChI=1S/C14H12N4OS/c1-2-4-10-6-16-11(5-9(10)3-1)14-17-13(18-19-14)12-7-15-8-20-12/h1-4,7-8,11,16H,5-6H2. The lowest BCUT2D eigenvalue weighted by Gasteiger charge is -2.23. The Labute approximate surface area is 119 Å². The molecule has 3 aromatic rings. The predicted octanol–water partition coefficient (Wildman–Crippen LogP) is 2.58. The minimum Gasteiger partial charge on any atom is -0.337 e. The third-order valence-electron chi connectivity index (χ3n) is 3.47. The van der Waals surface area contributed by atoms with E-state index in [-0.39, 0.29) is 6.04 Å². The van der Waals surface area contributed by atoms with Crippen LogP contribution in [0.2, 0.25) is 0 Å². The molecule has 3 heterocycles. The first kappa shape index (κ1) is 11.7. The van der Waals surface area contributed by atoms with Crippen molar-refractivity contribution in [3.63, 3.8) is 0 Å². The summed E-state index contributed by atoms with van der Waals surface area (Å²) in [4.78, 5) is 9.44. The first-order valence-corrected chi connectivity index (χ1v) is 7.31. The Hall–Kier alpha value is -2.05. The van der Waals surface area contributed by atoms with Gasteiger partial charge in [0.2, 0.25) is 11.7 Å². The van der Waals surface area contributed by atoms with Crippen molar-refractivity contribution in [2.45, 2.75) is 19.0 Å². The van der Waals surface area contributed by atoms with Gasteiger partial charge in [0.25, 0.3) is 0 Å². The summed E-state index contributed by atoms with van der Waals surface area (Å²) in [5, 5.41) is 7.48.